The second kappa shape index (κ2) is 7.68. The minimum atomic E-state index is -0.926. The van der Waals surface area contributed by atoms with Crippen molar-refractivity contribution >= 4 is 23.8 Å². The van der Waals surface area contributed by atoms with Crippen molar-refractivity contribution in [3.63, 3.8) is 0 Å². The van der Waals surface area contributed by atoms with Crippen molar-refractivity contribution in [2.24, 2.45) is 0 Å². The van der Waals surface area contributed by atoms with E-state index in [1.807, 2.05) is 31.2 Å². The number of amides is 5. The Bertz CT molecular complexity index is 746. The van der Waals surface area contributed by atoms with E-state index in [0.29, 0.717) is 6.42 Å². The number of imide groups is 2. The first-order valence-electron chi connectivity index (χ1n) is 9.07. The maximum atomic E-state index is 12.4. The zero-order chi connectivity index (χ0) is 18.7. The van der Waals surface area contributed by atoms with Crippen molar-refractivity contribution in [3.8, 4) is 0 Å². The minimum Gasteiger partial charge on any atom is -0.348 e. The van der Waals surface area contributed by atoms with E-state index in [1.165, 1.54) is 5.56 Å². The largest absolute Gasteiger partial charge is 0.348 e. The number of unbranched alkanes of at least 4 members (excludes halogenated alkanes) is 1. The third kappa shape index (κ3) is 3.47. The first kappa shape index (κ1) is 18.1. The van der Waals surface area contributed by atoms with Gasteiger partial charge in [0.2, 0.25) is 5.91 Å². The predicted molar refractivity (Wildman–Crippen MR) is 94.0 cm³/mol. The number of carbonyl (C=O) groups is 4. The number of nitrogens with zero attached hydrogens (tertiary/aromatic N) is 2. The summed E-state index contributed by atoms with van der Waals surface area (Å²) in [6.07, 6.45) is 4.18. The molecule has 1 aromatic carbocycles. The molecule has 7 heteroatoms. The van der Waals surface area contributed by atoms with Crippen LogP contribution in [0.2, 0.25) is 0 Å². The highest BCUT2D eigenvalue weighted by atomic mass is 16.2. The number of fused-ring (bicyclic) bond motifs is 1. The molecule has 2 aliphatic rings. The molecule has 5 amide bonds. The number of urea groups is 1. The molecule has 0 bridgehead atoms. The van der Waals surface area contributed by atoms with Gasteiger partial charge in [-0.3, -0.25) is 19.3 Å². The van der Waals surface area contributed by atoms with Crippen LogP contribution in [0.5, 0.6) is 0 Å². The lowest BCUT2D eigenvalue weighted by atomic mass is 9.88. The van der Waals surface area contributed by atoms with Crippen LogP contribution in [0.4, 0.5) is 4.79 Å². The predicted octanol–water partition coefficient (Wildman–Crippen LogP) is 1.77. The van der Waals surface area contributed by atoms with Crippen LogP contribution in [-0.4, -0.2) is 46.6 Å². The van der Waals surface area contributed by atoms with E-state index in [4.69, 9.17) is 0 Å². The maximum absolute atomic E-state index is 12.4. The molecule has 1 fully saturated rings. The van der Waals surface area contributed by atoms with Crippen molar-refractivity contribution < 1.29 is 19.2 Å². The monoisotopic (exact) mass is 357 g/mol. The van der Waals surface area contributed by atoms with Crippen LogP contribution in [0.3, 0.4) is 0 Å². The number of hydrogen-bond donors (Lipinski definition) is 1. The van der Waals surface area contributed by atoms with Gasteiger partial charge in [0, 0.05) is 6.54 Å². The van der Waals surface area contributed by atoms with Crippen LogP contribution in [0.25, 0.3) is 0 Å². The molecule has 1 aliphatic heterocycles. The van der Waals surface area contributed by atoms with Gasteiger partial charge in [-0.2, -0.15) is 0 Å². The van der Waals surface area contributed by atoms with Crippen molar-refractivity contribution in [2.75, 3.05) is 13.1 Å². The summed E-state index contributed by atoms with van der Waals surface area (Å²) in [4.78, 5) is 50.4. The number of aryl methyl sites for hydroxylation is 1. The molecule has 1 atom stereocenters. The third-order valence-electron chi connectivity index (χ3n) is 4.88. The molecule has 1 N–H and O–H groups in total. The zero-order valence-corrected chi connectivity index (χ0v) is 14.9. The van der Waals surface area contributed by atoms with Gasteiger partial charge in [-0.25, -0.2) is 9.69 Å². The summed E-state index contributed by atoms with van der Waals surface area (Å²) in [6, 6.07) is 7.11. The van der Waals surface area contributed by atoms with E-state index in [-0.39, 0.29) is 12.6 Å². The average Bonchev–Trinajstić information content (AvgIpc) is 2.84. The van der Waals surface area contributed by atoms with Crippen LogP contribution in [-0.2, 0) is 20.8 Å². The quantitative estimate of drug-likeness (QED) is 0.621. The summed E-state index contributed by atoms with van der Waals surface area (Å²) >= 11 is 0. The molecule has 0 radical (unpaired) electrons. The molecule has 3 rings (SSSR count). The Labute approximate surface area is 152 Å². The minimum absolute atomic E-state index is 0.132. The summed E-state index contributed by atoms with van der Waals surface area (Å²) in [5, 5.41) is 2.90. The van der Waals surface area contributed by atoms with Gasteiger partial charge in [0.1, 0.15) is 6.54 Å². The normalized spacial score (nSPS) is 19.7. The Balaban J connectivity index is 1.65. The highest BCUT2D eigenvalue weighted by Gasteiger charge is 2.44. The lowest BCUT2D eigenvalue weighted by Crippen LogP contribution is -2.43. The van der Waals surface area contributed by atoms with Gasteiger partial charge in [0.05, 0.1) is 6.04 Å². The Hall–Kier alpha value is -2.70. The van der Waals surface area contributed by atoms with E-state index in [1.54, 1.807) is 0 Å². The molecule has 0 spiro atoms. The Kier molecular flexibility index (Phi) is 5.35. The van der Waals surface area contributed by atoms with Crippen molar-refractivity contribution in [1.29, 1.82) is 0 Å². The van der Waals surface area contributed by atoms with Gasteiger partial charge < -0.3 is 5.32 Å². The molecule has 138 valence electrons. The van der Waals surface area contributed by atoms with Gasteiger partial charge in [-0.1, -0.05) is 37.6 Å². The van der Waals surface area contributed by atoms with E-state index in [0.717, 1.165) is 41.0 Å². The number of rotatable bonds is 6. The van der Waals surface area contributed by atoms with E-state index < -0.39 is 30.3 Å². The molecule has 1 saturated heterocycles. The van der Waals surface area contributed by atoms with Crippen LogP contribution in [0.15, 0.2) is 24.3 Å². The molecule has 26 heavy (non-hydrogen) atoms. The molecule has 1 heterocycles. The summed E-state index contributed by atoms with van der Waals surface area (Å²) < 4.78 is 0. The lowest BCUT2D eigenvalue weighted by Gasteiger charge is -2.27. The number of carbonyl (C=O) groups excluding carboxylic acids is 4. The first-order chi connectivity index (χ1) is 12.5. The van der Waals surface area contributed by atoms with Gasteiger partial charge in [-0.15, -0.1) is 0 Å². The second-order valence-electron chi connectivity index (χ2n) is 6.70. The summed E-state index contributed by atoms with van der Waals surface area (Å²) in [5.74, 6) is -2.21. The van der Waals surface area contributed by atoms with E-state index in [9.17, 15) is 19.2 Å². The molecule has 1 aliphatic carbocycles. The first-order valence-corrected chi connectivity index (χ1v) is 9.07. The van der Waals surface area contributed by atoms with Crippen LogP contribution < -0.4 is 5.32 Å². The zero-order valence-electron chi connectivity index (χ0n) is 14.9. The summed E-state index contributed by atoms with van der Waals surface area (Å²) in [7, 11) is 0. The Morgan fingerprint density at radius 2 is 1.88 bits per heavy atom. The molecule has 0 unspecified atom stereocenters. The lowest BCUT2D eigenvalue weighted by molar-refractivity contribution is -0.144. The molecule has 0 aromatic heterocycles. The number of nitrogens with one attached hydrogen (secondary N) is 1. The van der Waals surface area contributed by atoms with Gasteiger partial charge >= 0.3 is 17.8 Å². The fourth-order valence-electron chi connectivity index (χ4n) is 3.49. The van der Waals surface area contributed by atoms with Crippen molar-refractivity contribution in [3.05, 3.63) is 35.4 Å². The molecular weight excluding hydrogens is 334 g/mol. The smallest absolute Gasteiger partial charge is 0.334 e. The topological polar surface area (TPSA) is 86.8 Å². The fourth-order valence-corrected chi connectivity index (χ4v) is 3.49. The van der Waals surface area contributed by atoms with Crippen molar-refractivity contribution in [2.45, 2.75) is 45.1 Å². The van der Waals surface area contributed by atoms with Gasteiger partial charge in [-0.05, 0) is 36.8 Å². The van der Waals surface area contributed by atoms with Gasteiger partial charge in [0.25, 0.3) is 0 Å². The van der Waals surface area contributed by atoms with Crippen LogP contribution in [0.1, 0.15) is 49.8 Å². The number of hydrogen-bond acceptors (Lipinski definition) is 4. The highest BCUT2D eigenvalue weighted by molar-refractivity contribution is 6.45. The van der Waals surface area contributed by atoms with Gasteiger partial charge in [0.15, 0.2) is 0 Å². The SMILES string of the molecule is CCCCN1C(=O)C(=O)N(CC(=O)N[C@H]2CCCc3ccccc32)C1=O. The Morgan fingerprint density at radius 1 is 1.15 bits per heavy atom. The fraction of sp³-hybridized carbons (Fsp3) is 0.474. The molecule has 0 saturated carbocycles. The van der Waals surface area contributed by atoms with Crippen molar-refractivity contribution in [1.82, 2.24) is 15.1 Å². The molecule has 7 nitrogen and oxygen atoms in total. The third-order valence-corrected chi connectivity index (χ3v) is 4.88. The van der Waals surface area contributed by atoms with Crippen LogP contribution >= 0.6 is 0 Å². The number of benzene rings is 1. The summed E-state index contributed by atoms with van der Waals surface area (Å²) in [6.45, 7) is 1.71. The molecule has 1 aromatic rings. The Morgan fingerprint density at radius 3 is 2.65 bits per heavy atom. The standard InChI is InChI=1S/C19H23N3O4/c1-2-3-11-21-17(24)18(25)22(19(21)26)12-16(23)20-15-10-6-8-13-7-4-5-9-14(13)15/h4-5,7,9,15H,2-3,6,8,10-12H2,1H3,(H,20,23)/t15-/m0/s1. The maximum Gasteiger partial charge on any atom is 0.334 e. The highest BCUT2D eigenvalue weighted by Crippen LogP contribution is 2.29. The van der Waals surface area contributed by atoms with E-state index >= 15 is 0 Å². The summed E-state index contributed by atoms with van der Waals surface area (Å²) in [5.41, 5.74) is 2.28. The average molecular weight is 357 g/mol. The van der Waals surface area contributed by atoms with E-state index in [2.05, 4.69) is 5.32 Å². The molecular formula is C19H23N3O4. The second-order valence-corrected chi connectivity index (χ2v) is 6.70. The van der Waals surface area contributed by atoms with Crippen LogP contribution in [0, 0.1) is 0 Å².